The molecule has 1 aliphatic carbocycles. The highest BCUT2D eigenvalue weighted by atomic mass is 19.1. The lowest BCUT2D eigenvalue weighted by Crippen LogP contribution is -2.01. The Balaban J connectivity index is 2.21. The van der Waals surface area contributed by atoms with Crippen LogP contribution in [-0.2, 0) is 0 Å². The maximum atomic E-state index is 13.7. The number of halogens is 1. The topological polar surface area (TPSA) is 47.8 Å². The normalized spacial score (nSPS) is 14.9. The fraction of sp³-hybridized carbons (Fsp3) is 0.250. The average Bonchev–Trinajstić information content (AvgIpc) is 3.10. The third kappa shape index (κ3) is 1.63. The van der Waals surface area contributed by atoms with Crippen LogP contribution in [0.15, 0.2) is 24.3 Å². The standard InChI is InChI=1S/C12H10FN3O/c13-10-4-2-1-3-9(10)12-11(7-17)14-15-16(12)8-5-6-8/h1-4,7-8H,5-6H2. The van der Waals surface area contributed by atoms with Gasteiger partial charge in [0.15, 0.2) is 12.0 Å². The highest BCUT2D eigenvalue weighted by Crippen LogP contribution is 2.38. The van der Waals surface area contributed by atoms with Gasteiger partial charge in [0.25, 0.3) is 0 Å². The summed E-state index contributed by atoms with van der Waals surface area (Å²) in [7, 11) is 0. The van der Waals surface area contributed by atoms with Crippen LogP contribution in [0.1, 0.15) is 29.4 Å². The summed E-state index contributed by atoms with van der Waals surface area (Å²) in [6, 6.07) is 6.61. The van der Waals surface area contributed by atoms with Gasteiger partial charge < -0.3 is 0 Å². The average molecular weight is 231 g/mol. The number of aldehydes is 1. The Morgan fingerprint density at radius 3 is 2.76 bits per heavy atom. The number of benzene rings is 1. The number of hydrogen-bond donors (Lipinski definition) is 0. The van der Waals surface area contributed by atoms with Crippen molar-refractivity contribution in [2.75, 3.05) is 0 Å². The minimum Gasteiger partial charge on any atom is -0.296 e. The van der Waals surface area contributed by atoms with Gasteiger partial charge in [-0.05, 0) is 25.0 Å². The van der Waals surface area contributed by atoms with Crippen molar-refractivity contribution in [1.29, 1.82) is 0 Å². The van der Waals surface area contributed by atoms with Crippen LogP contribution in [0.25, 0.3) is 11.3 Å². The lowest BCUT2D eigenvalue weighted by molar-refractivity contribution is 0.111. The number of rotatable bonds is 3. The van der Waals surface area contributed by atoms with Gasteiger partial charge in [0.1, 0.15) is 11.5 Å². The number of carbonyl (C=O) groups excluding carboxylic acids is 1. The Labute approximate surface area is 97.1 Å². The van der Waals surface area contributed by atoms with E-state index in [2.05, 4.69) is 10.3 Å². The molecule has 0 bridgehead atoms. The largest absolute Gasteiger partial charge is 0.296 e. The third-order valence-electron chi connectivity index (χ3n) is 2.85. The van der Waals surface area contributed by atoms with E-state index < -0.39 is 0 Å². The first-order valence-corrected chi connectivity index (χ1v) is 5.46. The molecule has 1 fully saturated rings. The van der Waals surface area contributed by atoms with Crippen LogP contribution in [0.3, 0.4) is 0 Å². The van der Waals surface area contributed by atoms with Crippen molar-refractivity contribution in [2.45, 2.75) is 18.9 Å². The molecule has 1 heterocycles. The summed E-state index contributed by atoms with van der Waals surface area (Å²) in [6.45, 7) is 0. The van der Waals surface area contributed by atoms with Crippen LogP contribution in [0.5, 0.6) is 0 Å². The van der Waals surface area contributed by atoms with Crippen molar-refractivity contribution < 1.29 is 9.18 Å². The Kier molecular flexibility index (Phi) is 2.24. The van der Waals surface area contributed by atoms with Crippen LogP contribution >= 0.6 is 0 Å². The first-order chi connectivity index (χ1) is 8.31. The van der Waals surface area contributed by atoms with Gasteiger partial charge in [-0.25, -0.2) is 9.07 Å². The molecule has 0 spiro atoms. The van der Waals surface area contributed by atoms with E-state index in [1.165, 1.54) is 6.07 Å². The third-order valence-corrected chi connectivity index (χ3v) is 2.85. The van der Waals surface area contributed by atoms with Crippen molar-refractivity contribution in [1.82, 2.24) is 15.0 Å². The molecule has 4 nitrogen and oxygen atoms in total. The van der Waals surface area contributed by atoms with E-state index in [4.69, 9.17) is 0 Å². The maximum Gasteiger partial charge on any atom is 0.172 e. The first kappa shape index (κ1) is 10.1. The molecule has 0 unspecified atom stereocenters. The van der Waals surface area contributed by atoms with Gasteiger partial charge in [-0.3, -0.25) is 4.79 Å². The van der Waals surface area contributed by atoms with Crippen LogP contribution in [0.2, 0.25) is 0 Å². The van der Waals surface area contributed by atoms with E-state index in [-0.39, 0.29) is 17.6 Å². The van der Waals surface area contributed by atoms with Crippen LogP contribution in [0, 0.1) is 5.82 Å². The summed E-state index contributed by atoms with van der Waals surface area (Å²) in [5, 5.41) is 7.73. The number of carbonyl (C=O) groups is 1. The summed E-state index contributed by atoms with van der Waals surface area (Å²) in [4.78, 5) is 10.9. The lowest BCUT2D eigenvalue weighted by atomic mass is 10.1. The molecule has 0 N–H and O–H groups in total. The van der Waals surface area contributed by atoms with E-state index in [0.717, 1.165) is 12.8 Å². The van der Waals surface area contributed by atoms with Crippen molar-refractivity contribution in [3.8, 4) is 11.3 Å². The molecule has 0 amide bonds. The molecule has 0 radical (unpaired) electrons. The molecule has 0 saturated heterocycles. The fourth-order valence-corrected chi connectivity index (χ4v) is 1.87. The Hall–Kier alpha value is -2.04. The Bertz CT molecular complexity index is 575. The number of nitrogens with zero attached hydrogens (tertiary/aromatic N) is 3. The molecule has 1 aliphatic rings. The second kappa shape index (κ2) is 3.76. The predicted molar refractivity (Wildman–Crippen MR) is 59.1 cm³/mol. The summed E-state index contributed by atoms with van der Waals surface area (Å²) in [6.07, 6.45) is 2.62. The van der Waals surface area contributed by atoms with E-state index in [9.17, 15) is 9.18 Å². The monoisotopic (exact) mass is 231 g/mol. The molecule has 86 valence electrons. The van der Waals surface area contributed by atoms with Gasteiger partial charge in [-0.2, -0.15) is 0 Å². The molecule has 2 aromatic rings. The summed E-state index contributed by atoms with van der Waals surface area (Å²) in [5.41, 5.74) is 1.06. The molecule has 0 aliphatic heterocycles. The van der Waals surface area contributed by atoms with Gasteiger partial charge in [-0.1, -0.05) is 17.3 Å². The summed E-state index contributed by atoms with van der Waals surface area (Å²) < 4.78 is 15.4. The quantitative estimate of drug-likeness (QED) is 0.761. The zero-order chi connectivity index (χ0) is 11.8. The lowest BCUT2D eigenvalue weighted by Gasteiger charge is -2.06. The van der Waals surface area contributed by atoms with E-state index in [1.54, 1.807) is 22.9 Å². The molecular weight excluding hydrogens is 221 g/mol. The van der Waals surface area contributed by atoms with Gasteiger partial charge in [-0.15, -0.1) is 5.10 Å². The van der Waals surface area contributed by atoms with Crippen molar-refractivity contribution in [3.63, 3.8) is 0 Å². The first-order valence-electron chi connectivity index (χ1n) is 5.46. The van der Waals surface area contributed by atoms with Crippen LogP contribution in [-0.4, -0.2) is 21.3 Å². The number of hydrogen-bond acceptors (Lipinski definition) is 3. The van der Waals surface area contributed by atoms with Crippen LogP contribution < -0.4 is 0 Å². The van der Waals surface area contributed by atoms with E-state index in [0.29, 0.717) is 17.5 Å². The fourth-order valence-electron chi connectivity index (χ4n) is 1.87. The molecular formula is C12H10FN3O. The van der Waals surface area contributed by atoms with E-state index in [1.807, 2.05) is 0 Å². The van der Waals surface area contributed by atoms with Crippen molar-refractivity contribution in [2.24, 2.45) is 0 Å². The van der Waals surface area contributed by atoms with Crippen molar-refractivity contribution in [3.05, 3.63) is 35.8 Å². The highest BCUT2D eigenvalue weighted by molar-refractivity contribution is 5.83. The maximum absolute atomic E-state index is 13.7. The molecule has 1 aromatic carbocycles. The molecule has 0 atom stereocenters. The molecule has 3 rings (SSSR count). The summed E-state index contributed by atoms with van der Waals surface area (Å²) in [5.74, 6) is -0.361. The SMILES string of the molecule is O=Cc1nnn(C2CC2)c1-c1ccccc1F. The second-order valence-corrected chi connectivity index (χ2v) is 4.10. The minimum atomic E-state index is -0.361. The van der Waals surface area contributed by atoms with Crippen molar-refractivity contribution >= 4 is 6.29 Å². The predicted octanol–water partition coefficient (Wildman–Crippen LogP) is 2.23. The Morgan fingerprint density at radius 1 is 1.35 bits per heavy atom. The highest BCUT2D eigenvalue weighted by Gasteiger charge is 2.30. The van der Waals surface area contributed by atoms with E-state index >= 15 is 0 Å². The second-order valence-electron chi connectivity index (χ2n) is 4.10. The van der Waals surface area contributed by atoms with Gasteiger partial charge in [0.05, 0.1) is 6.04 Å². The van der Waals surface area contributed by atoms with Crippen LogP contribution in [0.4, 0.5) is 4.39 Å². The van der Waals surface area contributed by atoms with Gasteiger partial charge in [0.2, 0.25) is 0 Å². The summed E-state index contributed by atoms with van der Waals surface area (Å²) >= 11 is 0. The number of aromatic nitrogens is 3. The minimum absolute atomic E-state index is 0.196. The molecule has 1 saturated carbocycles. The Morgan fingerprint density at radius 2 is 2.12 bits per heavy atom. The zero-order valence-electron chi connectivity index (χ0n) is 9.01. The van der Waals surface area contributed by atoms with Gasteiger partial charge in [0, 0.05) is 5.56 Å². The van der Waals surface area contributed by atoms with Gasteiger partial charge >= 0.3 is 0 Å². The zero-order valence-corrected chi connectivity index (χ0v) is 9.01. The molecule has 1 aromatic heterocycles. The molecule has 5 heteroatoms. The smallest absolute Gasteiger partial charge is 0.172 e. The molecule has 17 heavy (non-hydrogen) atoms.